The summed E-state index contributed by atoms with van der Waals surface area (Å²) in [5.74, 6) is 0.485. The van der Waals surface area contributed by atoms with Gasteiger partial charge < -0.3 is 9.13 Å². The molecule has 15 aromatic rings. The van der Waals surface area contributed by atoms with Crippen molar-refractivity contribution in [2.45, 2.75) is 6.18 Å². The maximum atomic E-state index is 16.1. The van der Waals surface area contributed by atoms with E-state index in [1.54, 1.807) is 95.6 Å². The Labute approximate surface area is 612 Å². The number of benzene rings is 12. The fraction of sp³-hybridized carbons (Fsp3) is 0.0114. The minimum Gasteiger partial charge on any atom is -0.309 e. The van der Waals surface area contributed by atoms with Crippen LogP contribution in [0, 0.1) is 112 Å². The molecule has 0 aliphatic heterocycles. The molecule has 0 bridgehead atoms. The van der Waals surface area contributed by atoms with E-state index in [1.165, 1.54) is 54.6 Å². The molecule has 17 nitrogen and oxygen atoms in total. The van der Waals surface area contributed by atoms with Crippen LogP contribution in [0.1, 0.15) is 44.5 Å². The van der Waals surface area contributed by atoms with E-state index in [0.717, 1.165) is 12.1 Å². The van der Waals surface area contributed by atoms with Crippen molar-refractivity contribution in [1.29, 1.82) is 36.8 Å². The Hall–Kier alpha value is -17.1. The third-order valence-corrected chi connectivity index (χ3v) is 18.7. The van der Waals surface area contributed by atoms with Gasteiger partial charge in [-0.1, -0.05) is 91.0 Å². The first-order valence-corrected chi connectivity index (χ1v) is 32.4. The molecule has 0 fully saturated rings. The third-order valence-electron chi connectivity index (χ3n) is 18.7. The van der Waals surface area contributed by atoms with Gasteiger partial charge in [0.2, 0.25) is 0 Å². The van der Waals surface area contributed by atoms with Gasteiger partial charge in [0.05, 0.1) is 131 Å². The molecule has 15 rings (SSSR count). The van der Waals surface area contributed by atoms with E-state index in [-0.39, 0.29) is 129 Å². The lowest BCUT2D eigenvalue weighted by Gasteiger charge is -2.20. The number of hydrogen-bond donors (Lipinski definition) is 0. The molecule has 0 aliphatic rings. The maximum Gasteiger partial charge on any atom is 0.416 e. The molecule has 12 aromatic carbocycles. The van der Waals surface area contributed by atoms with Gasteiger partial charge in [-0.2, -0.15) is 50.0 Å². The highest BCUT2D eigenvalue weighted by Gasteiger charge is 2.34. The molecule has 0 radical (unpaired) electrons. The number of aromatic nitrogens is 5. The van der Waals surface area contributed by atoms with Crippen molar-refractivity contribution in [2.24, 2.45) is 0 Å². The molecule has 3 aromatic heterocycles. The molecule has 0 saturated carbocycles. The van der Waals surface area contributed by atoms with Crippen LogP contribution in [-0.4, -0.2) is 24.1 Å². The normalized spacial score (nSPS) is 10.8. The Morgan fingerprint density at radius 3 is 1.11 bits per heavy atom. The number of fused-ring (bicyclic) bond motifs is 6. The van der Waals surface area contributed by atoms with E-state index in [0.29, 0.717) is 82.7 Å². The van der Waals surface area contributed by atoms with E-state index in [2.05, 4.69) is 54.6 Å². The van der Waals surface area contributed by atoms with Crippen molar-refractivity contribution in [3.63, 3.8) is 0 Å². The van der Waals surface area contributed by atoms with Crippen molar-refractivity contribution in [3.8, 4) is 144 Å². The van der Waals surface area contributed by atoms with E-state index in [4.69, 9.17) is 47.8 Å². The van der Waals surface area contributed by atoms with Crippen molar-refractivity contribution in [1.82, 2.24) is 24.1 Å². The van der Waals surface area contributed by atoms with Crippen LogP contribution in [0.25, 0.3) is 169 Å². The molecule has 108 heavy (non-hydrogen) atoms. The van der Waals surface area contributed by atoms with Crippen LogP contribution in [0.4, 0.5) is 41.6 Å². The summed E-state index contributed by atoms with van der Waals surface area (Å²) in [4.78, 5) is 33.5. The largest absolute Gasteiger partial charge is 0.416 e. The second-order valence-electron chi connectivity index (χ2n) is 24.6. The Morgan fingerprint density at radius 1 is 0.315 bits per heavy atom. The topological polar surface area (TPSA) is 237 Å². The van der Waals surface area contributed by atoms with Crippen molar-refractivity contribution < 1.29 is 13.2 Å². The van der Waals surface area contributed by atoms with Crippen LogP contribution in [0.2, 0.25) is 0 Å². The molecular formula is C88H36F3N17. The number of rotatable bonds is 10. The van der Waals surface area contributed by atoms with Crippen LogP contribution in [0.3, 0.4) is 0 Å². The first-order valence-electron chi connectivity index (χ1n) is 32.4. The molecule has 0 aliphatic carbocycles. The highest BCUT2D eigenvalue weighted by atomic mass is 19.4. The minimum absolute atomic E-state index is 0.00492. The number of alkyl halides is 3. The second-order valence-corrected chi connectivity index (χ2v) is 24.6. The van der Waals surface area contributed by atoms with Crippen molar-refractivity contribution >= 4 is 72.0 Å². The molecule has 0 unspecified atom stereocenters. The van der Waals surface area contributed by atoms with E-state index < -0.39 is 11.7 Å². The zero-order valence-electron chi connectivity index (χ0n) is 55.5. The van der Waals surface area contributed by atoms with Gasteiger partial charge in [0.25, 0.3) is 0 Å². The summed E-state index contributed by atoms with van der Waals surface area (Å²) in [7, 11) is 0. The highest BCUT2D eigenvalue weighted by Crippen LogP contribution is 2.49. The third kappa shape index (κ3) is 11.3. The average molecular weight is 1390 g/mol. The lowest BCUT2D eigenvalue weighted by molar-refractivity contribution is -0.137. The molecule has 3 heterocycles. The van der Waals surface area contributed by atoms with Crippen LogP contribution in [0.5, 0.6) is 0 Å². The van der Waals surface area contributed by atoms with Gasteiger partial charge in [0.1, 0.15) is 0 Å². The molecule has 0 atom stereocenters. The van der Waals surface area contributed by atoms with Crippen LogP contribution >= 0.6 is 0 Å². The fourth-order valence-corrected chi connectivity index (χ4v) is 14.0. The monoisotopic (exact) mass is 1390 g/mol. The number of halogens is 3. The van der Waals surface area contributed by atoms with Gasteiger partial charge in [-0.05, 0) is 155 Å². The molecule has 0 amide bonds. The molecule has 0 N–H and O–H groups in total. The summed E-state index contributed by atoms with van der Waals surface area (Å²) in [5.41, 5.74) is 5.45. The van der Waals surface area contributed by atoms with Crippen LogP contribution in [-0.2, 0) is 6.18 Å². The predicted octanol–water partition coefficient (Wildman–Crippen LogP) is 22.3. The second kappa shape index (κ2) is 26.8. The summed E-state index contributed by atoms with van der Waals surface area (Å²) < 4.78 is 51.9. The van der Waals surface area contributed by atoms with Crippen LogP contribution in [0.15, 0.2) is 218 Å². The average Bonchev–Trinajstić information content (AvgIpc) is 1.55. The van der Waals surface area contributed by atoms with Gasteiger partial charge in [0, 0.05) is 88.4 Å². The molecule has 0 spiro atoms. The zero-order chi connectivity index (χ0) is 75.2. The number of nitrogens with zero attached hydrogens (tertiary/aromatic N) is 17. The Balaban J connectivity index is 1.08. The Bertz CT molecular complexity index is 6580. The minimum atomic E-state index is -4.98. The summed E-state index contributed by atoms with van der Waals surface area (Å²) in [6.07, 6.45) is -4.98. The molecule has 0 saturated heterocycles. The summed E-state index contributed by atoms with van der Waals surface area (Å²) in [6, 6.07) is 73.2. The van der Waals surface area contributed by atoms with Crippen molar-refractivity contribution in [2.75, 3.05) is 0 Å². The van der Waals surface area contributed by atoms with Gasteiger partial charge in [0.15, 0.2) is 45.9 Å². The van der Waals surface area contributed by atoms with Gasteiger partial charge >= 0.3 is 6.18 Å². The Kier molecular flexibility index (Phi) is 16.6. The molecule has 494 valence electrons. The first kappa shape index (κ1) is 66.8. The molecular weight excluding hydrogens is 1350 g/mol. The van der Waals surface area contributed by atoms with E-state index >= 15 is 13.2 Å². The zero-order valence-corrected chi connectivity index (χ0v) is 55.5. The Morgan fingerprint density at radius 2 is 0.704 bits per heavy atom. The van der Waals surface area contributed by atoms with Gasteiger partial charge in [-0.3, -0.25) is 0 Å². The maximum absolute atomic E-state index is 16.1. The van der Waals surface area contributed by atoms with Crippen molar-refractivity contribution in [3.05, 3.63) is 320 Å². The van der Waals surface area contributed by atoms with E-state index in [9.17, 15) is 36.8 Å². The van der Waals surface area contributed by atoms with Crippen LogP contribution < -0.4 is 0 Å². The SMILES string of the molecule is [C-]#[N+]c1cc(C#N)c(-c2ccc3c(c2)c2cc(-c4c(C#N)cc(C#N)cc4[N+]#[C-])ccc2n3-c2ccc(-c3nc(-c4ccccc4)nc(-c4ccccc4)n3)c(-c3cc(C(F)(F)F)ccc3-n3c4ccc(-c5c(C#N)cc(C#N)cc5[N+]#[C-])cc4c4cc(-c5c(C#N)cc([N+]#[C-])cc5[N+]#[C-])ccc43)c2)c(C#N)c1. The quantitative estimate of drug-likeness (QED) is 0.117. The molecule has 20 heteroatoms. The summed E-state index contributed by atoms with van der Waals surface area (Å²) in [5, 5.41) is 74.9. The van der Waals surface area contributed by atoms with E-state index in [1.807, 2.05) is 77.4 Å². The number of hydrogen-bond acceptors (Lipinski definition) is 10. The lowest BCUT2D eigenvalue weighted by Crippen LogP contribution is -2.08. The lowest BCUT2D eigenvalue weighted by atomic mass is 9.92. The van der Waals surface area contributed by atoms with Gasteiger partial charge in [-0.25, -0.2) is 39.2 Å². The first-order chi connectivity index (χ1) is 52.6. The predicted molar refractivity (Wildman–Crippen MR) is 401 cm³/mol. The highest BCUT2D eigenvalue weighted by molar-refractivity contribution is 6.15. The fourth-order valence-electron chi connectivity index (χ4n) is 14.0. The standard InChI is InChI=1S/C88H36F3N17/c1-99-63-32-59(46-96)81(60(33-63)47-97)53-16-23-76-68(35-53)69-36-54(82-57(44-94)28-49(42-92)30-73(82)101-3)17-24-77(69)107(76)65-21-22-66(87-105-85(51-12-8-6-9-13-51)104-86(106-87)52-14-10-7-11-15-52)67(41-65)72-39-62(88(89,90)91)20-27-80(72)108-78-25-18-55(83-58(45-95)29-50(43-93)31-74(83)102-4)37-70(78)71-38-56(19-26-79(71)108)84-61(48-98)34-64(100-2)40-75(84)103-5/h6-41H. The smallest absolute Gasteiger partial charge is 0.309 e. The van der Waals surface area contributed by atoms with Gasteiger partial charge in [-0.15, -0.1) is 0 Å². The number of nitriles is 7. The summed E-state index contributed by atoms with van der Waals surface area (Å²) in [6.45, 7) is 40.3. The summed E-state index contributed by atoms with van der Waals surface area (Å²) >= 11 is 0.